The van der Waals surface area contributed by atoms with E-state index in [-0.39, 0.29) is 11.6 Å². The number of aromatic nitrogens is 4. The second kappa shape index (κ2) is 9.21. The van der Waals surface area contributed by atoms with Crippen LogP contribution in [0.15, 0.2) is 46.2 Å². The number of nitrogens with zero attached hydrogens (tertiary/aromatic N) is 5. The Hall–Kier alpha value is -3.20. The average molecular weight is 465 g/mol. The van der Waals surface area contributed by atoms with Gasteiger partial charge in [-0.3, -0.25) is 14.7 Å². The minimum absolute atomic E-state index is 0.0902. The van der Waals surface area contributed by atoms with Crippen LogP contribution in [0.2, 0.25) is 0 Å². The second-order valence-corrected chi connectivity index (χ2v) is 9.36. The molecule has 2 aliphatic heterocycles. The minimum Gasteiger partial charge on any atom is -0.324 e. The van der Waals surface area contributed by atoms with Crippen LogP contribution >= 0.6 is 0 Å². The zero-order valence-corrected chi connectivity index (χ0v) is 19.8. The molecule has 4 heterocycles. The summed E-state index contributed by atoms with van der Waals surface area (Å²) in [5.74, 6) is 0. The second-order valence-electron chi connectivity index (χ2n) is 9.36. The molecule has 1 aromatic carbocycles. The van der Waals surface area contributed by atoms with Crippen molar-refractivity contribution in [3.63, 3.8) is 0 Å². The summed E-state index contributed by atoms with van der Waals surface area (Å²) in [4.78, 5) is 49.3. The summed E-state index contributed by atoms with van der Waals surface area (Å²) in [6.45, 7) is 5.72. The molecule has 0 aliphatic carbocycles. The molecule has 9 heteroatoms. The highest BCUT2D eigenvalue weighted by Gasteiger charge is 2.41. The lowest BCUT2D eigenvalue weighted by atomic mass is 9.96. The van der Waals surface area contributed by atoms with Crippen LogP contribution in [0.4, 0.5) is 4.79 Å². The van der Waals surface area contributed by atoms with Crippen molar-refractivity contribution in [2.75, 3.05) is 19.6 Å². The molecule has 2 aromatic heterocycles. The van der Waals surface area contributed by atoms with E-state index in [0.717, 1.165) is 43.2 Å². The van der Waals surface area contributed by atoms with E-state index in [2.05, 4.69) is 39.1 Å². The van der Waals surface area contributed by atoms with Crippen LogP contribution in [0.25, 0.3) is 11.2 Å². The van der Waals surface area contributed by atoms with Crippen molar-refractivity contribution < 1.29 is 4.79 Å². The fraction of sp³-hybridized carbons (Fsp3) is 0.520. The molecule has 180 valence electrons. The van der Waals surface area contributed by atoms with E-state index in [9.17, 15) is 14.4 Å². The topological polar surface area (TPSA) is 96.2 Å². The van der Waals surface area contributed by atoms with Crippen molar-refractivity contribution in [3.05, 3.63) is 63.1 Å². The monoisotopic (exact) mass is 464 g/mol. The lowest BCUT2D eigenvalue weighted by Crippen LogP contribution is -2.45. The number of H-pyrrole nitrogens is 1. The summed E-state index contributed by atoms with van der Waals surface area (Å²) in [6.07, 6.45) is 6.78. The fourth-order valence-corrected chi connectivity index (χ4v) is 5.87. The molecule has 1 amide bonds. The van der Waals surface area contributed by atoms with Gasteiger partial charge in [-0.2, -0.15) is 4.57 Å². The Morgan fingerprint density at radius 1 is 1.06 bits per heavy atom. The van der Waals surface area contributed by atoms with Crippen LogP contribution in [-0.4, -0.2) is 66.7 Å². The number of piperidine rings is 1. The van der Waals surface area contributed by atoms with Crippen LogP contribution in [-0.2, 0) is 6.42 Å². The third-order valence-corrected chi connectivity index (χ3v) is 7.60. The van der Waals surface area contributed by atoms with Gasteiger partial charge < -0.3 is 9.47 Å². The van der Waals surface area contributed by atoms with E-state index in [1.807, 2.05) is 24.5 Å². The van der Waals surface area contributed by atoms with Crippen molar-refractivity contribution in [3.8, 4) is 0 Å². The molecule has 3 aromatic rings. The highest BCUT2D eigenvalue weighted by Crippen LogP contribution is 2.41. The molecule has 0 radical (unpaired) electrons. The molecule has 1 N–H and O–H groups in total. The smallest absolute Gasteiger partial charge is 0.324 e. The standard InChI is InChI=1S/C25H32N6O3/c1-3-28(4-2)25(34)31-23-21(22(32)27-24(31)33)26-16-30(23)20-14-18-10-11-19(15-20)29(18)13-12-17-8-6-5-7-9-17/h5-9,16,18-20H,3-4,10-15H2,1-2H3,(H,27,32,33). The number of rotatable bonds is 6. The van der Waals surface area contributed by atoms with Crippen LogP contribution in [0, 0.1) is 0 Å². The van der Waals surface area contributed by atoms with E-state index < -0.39 is 17.3 Å². The Bertz CT molecular complexity index is 1280. The Morgan fingerprint density at radius 3 is 2.38 bits per heavy atom. The Labute approximate surface area is 198 Å². The van der Waals surface area contributed by atoms with Gasteiger partial charge in [0.1, 0.15) is 0 Å². The first kappa shape index (κ1) is 22.6. The molecular formula is C25H32N6O3. The number of carbonyl (C=O) groups is 1. The number of carbonyl (C=O) groups excluding carboxylic acids is 1. The molecule has 0 saturated carbocycles. The summed E-state index contributed by atoms with van der Waals surface area (Å²) >= 11 is 0. The Morgan fingerprint density at radius 2 is 1.74 bits per heavy atom. The van der Waals surface area contributed by atoms with Crippen LogP contribution < -0.4 is 11.2 Å². The van der Waals surface area contributed by atoms with Gasteiger partial charge in [-0.05, 0) is 51.5 Å². The van der Waals surface area contributed by atoms with Crippen molar-refractivity contribution in [1.29, 1.82) is 0 Å². The summed E-state index contributed by atoms with van der Waals surface area (Å²) in [7, 11) is 0. The minimum atomic E-state index is -0.709. The number of aromatic amines is 1. The number of amides is 1. The molecule has 9 nitrogen and oxygen atoms in total. The van der Waals surface area contributed by atoms with Gasteiger partial charge in [-0.15, -0.1) is 0 Å². The van der Waals surface area contributed by atoms with E-state index in [1.165, 1.54) is 5.56 Å². The summed E-state index contributed by atoms with van der Waals surface area (Å²) in [5.41, 5.74) is 0.541. The van der Waals surface area contributed by atoms with E-state index in [1.54, 1.807) is 11.2 Å². The maximum atomic E-state index is 13.2. The Kier molecular flexibility index (Phi) is 6.12. The molecule has 2 saturated heterocycles. The number of nitrogens with one attached hydrogen (secondary N) is 1. The zero-order valence-electron chi connectivity index (χ0n) is 19.8. The highest BCUT2D eigenvalue weighted by molar-refractivity contribution is 5.86. The summed E-state index contributed by atoms with van der Waals surface area (Å²) in [5, 5.41) is 0. The van der Waals surface area contributed by atoms with Crippen molar-refractivity contribution >= 4 is 17.2 Å². The summed E-state index contributed by atoms with van der Waals surface area (Å²) in [6, 6.07) is 11.1. The molecule has 2 bridgehead atoms. The van der Waals surface area contributed by atoms with Gasteiger partial charge in [0.05, 0.1) is 6.33 Å². The fourth-order valence-electron chi connectivity index (χ4n) is 5.87. The predicted octanol–water partition coefficient (Wildman–Crippen LogP) is 2.61. The van der Waals surface area contributed by atoms with E-state index in [4.69, 9.17) is 0 Å². The maximum absolute atomic E-state index is 13.2. The molecule has 5 rings (SSSR count). The first-order valence-corrected chi connectivity index (χ1v) is 12.3. The third kappa shape index (κ3) is 3.87. The maximum Gasteiger partial charge on any atom is 0.338 e. The molecule has 2 aliphatic rings. The van der Waals surface area contributed by atoms with Gasteiger partial charge in [0.2, 0.25) is 0 Å². The van der Waals surface area contributed by atoms with Gasteiger partial charge in [0, 0.05) is 37.8 Å². The lowest BCUT2D eigenvalue weighted by Gasteiger charge is -2.39. The molecule has 2 atom stereocenters. The van der Waals surface area contributed by atoms with Crippen molar-refractivity contribution in [2.24, 2.45) is 0 Å². The van der Waals surface area contributed by atoms with Gasteiger partial charge in [0.25, 0.3) is 5.56 Å². The quantitative estimate of drug-likeness (QED) is 0.605. The van der Waals surface area contributed by atoms with Gasteiger partial charge in [-0.25, -0.2) is 14.6 Å². The molecule has 0 spiro atoms. The first-order valence-electron chi connectivity index (χ1n) is 12.3. The SMILES string of the molecule is CCN(CC)C(=O)n1c(=O)[nH]c(=O)c2ncn(C3CC4CCC(C3)N4CCc3ccccc3)c21. The van der Waals surface area contributed by atoms with Gasteiger partial charge in [0.15, 0.2) is 11.2 Å². The van der Waals surface area contributed by atoms with Crippen molar-refractivity contribution in [2.45, 2.75) is 64.1 Å². The van der Waals surface area contributed by atoms with Gasteiger partial charge in [-0.1, -0.05) is 30.3 Å². The normalized spacial score (nSPS) is 22.4. The zero-order chi connectivity index (χ0) is 23.8. The average Bonchev–Trinajstić information content (AvgIpc) is 3.37. The number of hydrogen-bond acceptors (Lipinski definition) is 5. The van der Waals surface area contributed by atoms with Crippen molar-refractivity contribution in [1.82, 2.24) is 28.9 Å². The van der Waals surface area contributed by atoms with E-state index >= 15 is 0 Å². The number of hydrogen-bond donors (Lipinski definition) is 1. The molecule has 2 unspecified atom stereocenters. The van der Waals surface area contributed by atoms with E-state index in [0.29, 0.717) is 30.8 Å². The molecule has 2 fully saturated rings. The van der Waals surface area contributed by atoms with Crippen LogP contribution in [0.5, 0.6) is 0 Å². The van der Waals surface area contributed by atoms with Gasteiger partial charge >= 0.3 is 11.7 Å². The van der Waals surface area contributed by atoms with Crippen LogP contribution in [0.1, 0.15) is 51.1 Å². The number of imidazole rings is 1. The Balaban J connectivity index is 1.45. The number of fused-ring (bicyclic) bond motifs is 3. The molecule has 34 heavy (non-hydrogen) atoms. The lowest BCUT2D eigenvalue weighted by molar-refractivity contribution is 0.109. The highest BCUT2D eigenvalue weighted by atomic mass is 16.2. The molecular weight excluding hydrogens is 432 g/mol. The largest absolute Gasteiger partial charge is 0.338 e. The van der Waals surface area contributed by atoms with Crippen LogP contribution in [0.3, 0.4) is 0 Å². The third-order valence-electron chi connectivity index (χ3n) is 7.60. The number of benzene rings is 1. The predicted molar refractivity (Wildman–Crippen MR) is 130 cm³/mol. The first-order chi connectivity index (χ1) is 16.5. The summed E-state index contributed by atoms with van der Waals surface area (Å²) < 4.78 is 3.01.